The number of aryl methyl sites for hydroxylation is 1. The van der Waals surface area contributed by atoms with Crippen molar-refractivity contribution < 1.29 is 17.9 Å². The lowest BCUT2D eigenvalue weighted by molar-refractivity contribution is -0.141. The van der Waals surface area contributed by atoms with Crippen LogP contribution in [-0.4, -0.2) is 12.1 Å². The summed E-state index contributed by atoms with van der Waals surface area (Å²) in [7, 11) is 1.44. The van der Waals surface area contributed by atoms with Crippen molar-refractivity contribution in [2.24, 2.45) is 0 Å². The van der Waals surface area contributed by atoms with Crippen LogP contribution < -0.4 is 0 Å². The van der Waals surface area contributed by atoms with Crippen molar-refractivity contribution in [2.75, 3.05) is 7.11 Å². The molecule has 1 heterocycles. The summed E-state index contributed by atoms with van der Waals surface area (Å²) in [5, 5.41) is 0. The minimum absolute atomic E-state index is 0.164. The van der Waals surface area contributed by atoms with E-state index in [0.717, 1.165) is 6.07 Å². The number of aromatic nitrogens is 1. The molecule has 2 nitrogen and oxygen atoms in total. The molecule has 0 bridgehead atoms. The normalized spacial score (nSPS) is 11.8. The van der Waals surface area contributed by atoms with Crippen LogP contribution in [0.5, 0.6) is 0 Å². The van der Waals surface area contributed by atoms with E-state index in [9.17, 15) is 13.2 Å². The van der Waals surface area contributed by atoms with Crippen molar-refractivity contribution in [1.29, 1.82) is 0 Å². The molecule has 0 aliphatic heterocycles. The molecule has 0 radical (unpaired) electrons. The topological polar surface area (TPSA) is 22.1 Å². The lowest BCUT2D eigenvalue weighted by Crippen LogP contribution is -2.09. The van der Waals surface area contributed by atoms with E-state index in [2.05, 4.69) is 4.98 Å². The fraction of sp³-hybridized carbons (Fsp3) is 0.444. The zero-order chi connectivity index (χ0) is 10.8. The van der Waals surface area contributed by atoms with Gasteiger partial charge in [-0.25, -0.2) is 0 Å². The van der Waals surface area contributed by atoms with Gasteiger partial charge in [-0.2, -0.15) is 13.2 Å². The Bertz CT molecular complexity index is 322. The number of pyridine rings is 1. The number of halogens is 3. The predicted octanol–water partition coefficient (Wildman–Crippen LogP) is 2.56. The summed E-state index contributed by atoms with van der Waals surface area (Å²) >= 11 is 0. The highest BCUT2D eigenvalue weighted by molar-refractivity contribution is 5.26. The van der Waals surface area contributed by atoms with E-state index >= 15 is 0 Å². The summed E-state index contributed by atoms with van der Waals surface area (Å²) < 4.78 is 41.5. The number of alkyl halides is 3. The van der Waals surface area contributed by atoms with Gasteiger partial charge in [-0.05, 0) is 24.1 Å². The van der Waals surface area contributed by atoms with Crippen molar-refractivity contribution in [3.05, 3.63) is 29.1 Å². The lowest BCUT2D eigenvalue weighted by Gasteiger charge is -2.09. The number of nitrogens with zero attached hydrogens (tertiary/aromatic N) is 1. The van der Waals surface area contributed by atoms with Crippen LogP contribution in [0.1, 0.15) is 16.8 Å². The highest BCUT2D eigenvalue weighted by Gasteiger charge is 2.32. The van der Waals surface area contributed by atoms with Crippen LogP contribution in [0.15, 0.2) is 12.3 Å². The first-order valence-electron chi connectivity index (χ1n) is 3.97. The Morgan fingerprint density at radius 3 is 2.57 bits per heavy atom. The van der Waals surface area contributed by atoms with Crippen molar-refractivity contribution in [3.63, 3.8) is 0 Å². The van der Waals surface area contributed by atoms with Gasteiger partial charge in [0.1, 0.15) is 5.69 Å². The summed E-state index contributed by atoms with van der Waals surface area (Å²) in [5.41, 5.74) is 0.324. The SMILES string of the molecule is COCc1cc(C(F)(F)F)ncc1C. The number of hydrogen-bond donors (Lipinski definition) is 0. The predicted molar refractivity (Wildman–Crippen MR) is 44.7 cm³/mol. The van der Waals surface area contributed by atoms with Gasteiger partial charge in [0.2, 0.25) is 0 Å². The van der Waals surface area contributed by atoms with E-state index in [1.165, 1.54) is 13.3 Å². The van der Waals surface area contributed by atoms with Crippen molar-refractivity contribution in [1.82, 2.24) is 4.98 Å². The Morgan fingerprint density at radius 2 is 2.07 bits per heavy atom. The molecule has 0 atom stereocenters. The van der Waals surface area contributed by atoms with E-state index in [4.69, 9.17) is 4.74 Å². The van der Waals surface area contributed by atoms with E-state index < -0.39 is 11.9 Å². The maximum atomic E-state index is 12.2. The van der Waals surface area contributed by atoms with Gasteiger partial charge in [0.15, 0.2) is 0 Å². The fourth-order valence-corrected chi connectivity index (χ4v) is 1.03. The largest absolute Gasteiger partial charge is 0.433 e. The average molecular weight is 205 g/mol. The van der Waals surface area contributed by atoms with E-state index in [-0.39, 0.29) is 6.61 Å². The molecule has 0 aromatic carbocycles. The third kappa shape index (κ3) is 2.45. The number of methoxy groups -OCH3 is 1. The zero-order valence-corrected chi connectivity index (χ0v) is 7.85. The van der Waals surface area contributed by atoms with Crippen molar-refractivity contribution in [3.8, 4) is 0 Å². The summed E-state index contributed by atoms with van der Waals surface area (Å²) in [6.07, 6.45) is -3.19. The lowest BCUT2D eigenvalue weighted by atomic mass is 10.1. The summed E-state index contributed by atoms with van der Waals surface area (Å²) in [4.78, 5) is 3.31. The highest BCUT2D eigenvalue weighted by atomic mass is 19.4. The monoisotopic (exact) mass is 205 g/mol. The van der Waals surface area contributed by atoms with Gasteiger partial charge in [0, 0.05) is 13.3 Å². The van der Waals surface area contributed by atoms with Gasteiger partial charge in [-0.1, -0.05) is 0 Å². The molecule has 0 fully saturated rings. The van der Waals surface area contributed by atoms with Crippen LogP contribution in [0.3, 0.4) is 0 Å². The molecule has 0 aliphatic carbocycles. The molecule has 14 heavy (non-hydrogen) atoms. The van der Waals surface area contributed by atoms with Gasteiger partial charge < -0.3 is 4.74 Å². The molecule has 0 saturated carbocycles. The van der Waals surface area contributed by atoms with E-state index in [0.29, 0.717) is 11.1 Å². The highest BCUT2D eigenvalue weighted by Crippen LogP contribution is 2.28. The Kier molecular flexibility index (Phi) is 3.10. The maximum absolute atomic E-state index is 12.2. The maximum Gasteiger partial charge on any atom is 0.433 e. The molecule has 0 aliphatic rings. The second kappa shape index (κ2) is 3.96. The molecule has 0 spiro atoms. The number of ether oxygens (including phenoxy) is 1. The fourth-order valence-electron chi connectivity index (χ4n) is 1.03. The first kappa shape index (κ1) is 11.0. The third-order valence-electron chi connectivity index (χ3n) is 1.81. The number of hydrogen-bond acceptors (Lipinski definition) is 2. The Labute approximate surface area is 79.7 Å². The molecule has 78 valence electrons. The Balaban J connectivity index is 3.06. The zero-order valence-electron chi connectivity index (χ0n) is 7.85. The second-order valence-electron chi connectivity index (χ2n) is 2.93. The molecule has 0 unspecified atom stereocenters. The molecule has 5 heteroatoms. The van der Waals surface area contributed by atoms with E-state index in [1.807, 2.05) is 0 Å². The van der Waals surface area contributed by atoms with Gasteiger partial charge in [-0.15, -0.1) is 0 Å². The van der Waals surface area contributed by atoms with Crippen LogP contribution in [0.25, 0.3) is 0 Å². The summed E-state index contributed by atoms with van der Waals surface area (Å²) in [6, 6.07) is 1.01. The van der Waals surface area contributed by atoms with Gasteiger partial charge in [0.25, 0.3) is 0 Å². The van der Waals surface area contributed by atoms with Crippen molar-refractivity contribution in [2.45, 2.75) is 19.7 Å². The average Bonchev–Trinajstić information content (AvgIpc) is 2.07. The van der Waals surface area contributed by atoms with Crippen LogP contribution in [0.2, 0.25) is 0 Å². The van der Waals surface area contributed by atoms with Gasteiger partial charge in [-0.3, -0.25) is 4.98 Å². The van der Waals surface area contributed by atoms with Crippen molar-refractivity contribution >= 4 is 0 Å². The van der Waals surface area contributed by atoms with Gasteiger partial charge in [0.05, 0.1) is 6.61 Å². The van der Waals surface area contributed by atoms with Crippen LogP contribution in [0, 0.1) is 6.92 Å². The summed E-state index contributed by atoms with van der Waals surface area (Å²) in [6.45, 7) is 1.86. The Hall–Kier alpha value is -1.10. The van der Waals surface area contributed by atoms with Gasteiger partial charge >= 0.3 is 6.18 Å². The molecule has 1 aromatic rings. The molecule has 0 saturated heterocycles. The minimum Gasteiger partial charge on any atom is -0.380 e. The summed E-state index contributed by atoms with van der Waals surface area (Å²) in [5.74, 6) is 0. The molecular formula is C9H10F3NO. The van der Waals surface area contributed by atoms with Crippen LogP contribution >= 0.6 is 0 Å². The van der Waals surface area contributed by atoms with Crippen LogP contribution in [-0.2, 0) is 17.5 Å². The molecule has 0 amide bonds. The first-order valence-corrected chi connectivity index (χ1v) is 3.97. The molecule has 1 rings (SSSR count). The second-order valence-corrected chi connectivity index (χ2v) is 2.93. The molecular weight excluding hydrogens is 195 g/mol. The Morgan fingerprint density at radius 1 is 1.43 bits per heavy atom. The smallest absolute Gasteiger partial charge is 0.380 e. The molecule has 1 aromatic heterocycles. The number of rotatable bonds is 2. The van der Waals surface area contributed by atoms with E-state index in [1.54, 1.807) is 6.92 Å². The minimum atomic E-state index is -4.39. The third-order valence-corrected chi connectivity index (χ3v) is 1.81. The first-order chi connectivity index (χ1) is 6.45. The van der Waals surface area contributed by atoms with Crippen LogP contribution in [0.4, 0.5) is 13.2 Å². The quantitative estimate of drug-likeness (QED) is 0.740. The molecule has 0 N–H and O–H groups in total. The standard InChI is InChI=1S/C9H10F3NO/c1-6-4-13-8(9(10,11)12)3-7(6)5-14-2/h3-4H,5H2,1-2H3.